The third-order valence-corrected chi connectivity index (χ3v) is 3.70. The van der Waals surface area contributed by atoms with Crippen LogP contribution in [0.3, 0.4) is 0 Å². The molecule has 0 aliphatic carbocycles. The summed E-state index contributed by atoms with van der Waals surface area (Å²) < 4.78 is 5.77. The molecule has 1 aromatic rings. The summed E-state index contributed by atoms with van der Waals surface area (Å²) in [5.41, 5.74) is 6.73. The van der Waals surface area contributed by atoms with E-state index in [1.807, 2.05) is 0 Å². The number of anilines is 1. The van der Waals surface area contributed by atoms with Gasteiger partial charge in [0.25, 0.3) is 5.91 Å². The van der Waals surface area contributed by atoms with Crippen molar-refractivity contribution in [3.8, 4) is 0 Å². The van der Waals surface area contributed by atoms with Crippen LogP contribution in [0.25, 0.3) is 0 Å². The molecule has 5 nitrogen and oxygen atoms in total. The lowest BCUT2D eigenvalue weighted by molar-refractivity contribution is -0.147. The summed E-state index contributed by atoms with van der Waals surface area (Å²) in [6.07, 6.45) is 1.45. The summed E-state index contributed by atoms with van der Waals surface area (Å²) in [4.78, 5) is 26.0. The molecule has 20 heavy (non-hydrogen) atoms. The van der Waals surface area contributed by atoms with E-state index in [-0.39, 0.29) is 11.9 Å². The van der Waals surface area contributed by atoms with Crippen molar-refractivity contribution in [3.05, 3.63) is 28.2 Å². The summed E-state index contributed by atoms with van der Waals surface area (Å²) >= 11 is 3.32. The Morgan fingerprint density at radius 1 is 1.45 bits per heavy atom. The first-order valence-corrected chi connectivity index (χ1v) is 7.36. The van der Waals surface area contributed by atoms with E-state index in [4.69, 9.17) is 10.5 Å². The fourth-order valence-corrected chi connectivity index (χ4v) is 2.91. The van der Waals surface area contributed by atoms with Crippen molar-refractivity contribution in [2.24, 2.45) is 0 Å². The molecule has 1 heterocycles. The molecule has 1 amide bonds. The van der Waals surface area contributed by atoms with Crippen LogP contribution in [0.4, 0.5) is 5.69 Å². The Kier molecular flexibility index (Phi) is 4.65. The second kappa shape index (κ2) is 6.26. The Labute approximate surface area is 126 Å². The van der Waals surface area contributed by atoms with Crippen LogP contribution in [0.15, 0.2) is 22.7 Å². The molecule has 1 fully saturated rings. The van der Waals surface area contributed by atoms with Crippen LogP contribution in [0.1, 0.15) is 30.1 Å². The summed E-state index contributed by atoms with van der Waals surface area (Å²) in [5.74, 6) is -0.519. The van der Waals surface area contributed by atoms with Crippen molar-refractivity contribution in [2.45, 2.75) is 25.8 Å². The topological polar surface area (TPSA) is 72.6 Å². The molecule has 1 unspecified atom stereocenters. The normalized spacial score (nSPS) is 18.1. The van der Waals surface area contributed by atoms with Gasteiger partial charge in [0.2, 0.25) is 0 Å². The van der Waals surface area contributed by atoms with Gasteiger partial charge >= 0.3 is 5.97 Å². The minimum atomic E-state index is -0.484. The Morgan fingerprint density at radius 2 is 2.20 bits per heavy atom. The van der Waals surface area contributed by atoms with Crippen LogP contribution < -0.4 is 5.73 Å². The van der Waals surface area contributed by atoms with E-state index < -0.39 is 6.04 Å². The van der Waals surface area contributed by atoms with Crippen LogP contribution in [0.2, 0.25) is 0 Å². The van der Waals surface area contributed by atoms with E-state index in [1.165, 1.54) is 0 Å². The minimum absolute atomic E-state index is 0.187. The number of likely N-dealkylation sites (tertiary alicyclic amines) is 1. The van der Waals surface area contributed by atoms with E-state index >= 15 is 0 Å². The largest absolute Gasteiger partial charge is 0.464 e. The molecule has 108 valence electrons. The zero-order chi connectivity index (χ0) is 14.7. The van der Waals surface area contributed by atoms with Crippen LogP contribution in [-0.4, -0.2) is 36.0 Å². The number of carbonyl (C=O) groups excluding carboxylic acids is 2. The Balaban J connectivity index is 2.21. The fraction of sp³-hybridized carbons (Fsp3) is 0.429. The number of nitrogens with zero attached hydrogens (tertiary/aromatic N) is 1. The minimum Gasteiger partial charge on any atom is -0.464 e. The molecule has 1 aliphatic rings. The maximum atomic E-state index is 12.5. The number of benzene rings is 1. The quantitative estimate of drug-likeness (QED) is 0.676. The molecule has 1 atom stereocenters. The van der Waals surface area contributed by atoms with E-state index in [0.29, 0.717) is 30.8 Å². The third-order valence-electron chi connectivity index (χ3n) is 3.24. The van der Waals surface area contributed by atoms with Crippen LogP contribution >= 0.6 is 15.9 Å². The Bertz CT molecular complexity index is 513. The van der Waals surface area contributed by atoms with Gasteiger partial charge in [-0.3, -0.25) is 4.79 Å². The second-order valence-corrected chi connectivity index (χ2v) is 5.60. The number of carbonyl (C=O) groups is 2. The molecule has 2 N–H and O–H groups in total. The van der Waals surface area contributed by atoms with Crippen molar-refractivity contribution in [2.75, 3.05) is 18.9 Å². The van der Waals surface area contributed by atoms with Gasteiger partial charge in [-0.2, -0.15) is 0 Å². The predicted octanol–water partition coefficient (Wildman–Crippen LogP) is 2.20. The first-order chi connectivity index (χ1) is 9.52. The van der Waals surface area contributed by atoms with Gasteiger partial charge < -0.3 is 15.4 Å². The molecule has 0 bridgehead atoms. The monoisotopic (exact) mass is 340 g/mol. The molecule has 1 aromatic carbocycles. The zero-order valence-corrected chi connectivity index (χ0v) is 12.9. The predicted molar refractivity (Wildman–Crippen MR) is 79.2 cm³/mol. The molecule has 6 heteroatoms. The average Bonchev–Trinajstić information content (AvgIpc) is 2.86. The lowest BCUT2D eigenvalue weighted by Crippen LogP contribution is -2.41. The Morgan fingerprint density at radius 3 is 2.85 bits per heavy atom. The van der Waals surface area contributed by atoms with Gasteiger partial charge in [-0.25, -0.2) is 4.79 Å². The van der Waals surface area contributed by atoms with Gasteiger partial charge in [-0.15, -0.1) is 0 Å². The highest BCUT2D eigenvalue weighted by Gasteiger charge is 2.35. The van der Waals surface area contributed by atoms with Gasteiger partial charge in [0.05, 0.1) is 6.61 Å². The summed E-state index contributed by atoms with van der Waals surface area (Å²) in [6.45, 7) is 2.64. The maximum Gasteiger partial charge on any atom is 0.328 e. The SMILES string of the molecule is CCOC(=O)C1CCCN1C(=O)c1cc(N)cc(Br)c1. The van der Waals surface area contributed by atoms with E-state index in [2.05, 4.69) is 15.9 Å². The van der Waals surface area contributed by atoms with Gasteiger partial charge in [0.1, 0.15) is 6.04 Å². The number of halogens is 1. The summed E-state index contributed by atoms with van der Waals surface area (Å²) in [5, 5.41) is 0. The highest BCUT2D eigenvalue weighted by Crippen LogP contribution is 2.24. The summed E-state index contributed by atoms with van der Waals surface area (Å²) in [6, 6.07) is 4.57. The molecular weight excluding hydrogens is 324 g/mol. The van der Waals surface area contributed by atoms with Crippen LogP contribution in [0.5, 0.6) is 0 Å². The number of amides is 1. The molecule has 1 saturated heterocycles. The second-order valence-electron chi connectivity index (χ2n) is 4.68. The van der Waals surface area contributed by atoms with Gasteiger partial charge in [0, 0.05) is 22.3 Å². The fourth-order valence-electron chi connectivity index (χ4n) is 2.39. The summed E-state index contributed by atoms with van der Waals surface area (Å²) in [7, 11) is 0. The number of hydrogen-bond acceptors (Lipinski definition) is 4. The van der Waals surface area contributed by atoms with Crippen molar-refractivity contribution >= 4 is 33.5 Å². The van der Waals surface area contributed by atoms with Gasteiger partial charge in [-0.1, -0.05) is 15.9 Å². The van der Waals surface area contributed by atoms with Gasteiger partial charge in [0.15, 0.2) is 0 Å². The molecule has 2 rings (SSSR count). The van der Waals surface area contributed by atoms with Crippen molar-refractivity contribution in [1.82, 2.24) is 4.90 Å². The molecule has 0 saturated carbocycles. The number of hydrogen-bond donors (Lipinski definition) is 1. The van der Waals surface area contributed by atoms with Crippen molar-refractivity contribution < 1.29 is 14.3 Å². The standard InChI is InChI=1S/C14H17BrN2O3/c1-2-20-14(19)12-4-3-5-17(12)13(18)9-6-10(15)8-11(16)7-9/h6-8,12H,2-5,16H2,1H3. The third kappa shape index (κ3) is 3.12. The van der Waals surface area contributed by atoms with Gasteiger partial charge in [-0.05, 0) is 38.0 Å². The number of ether oxygens (including phenoxy) is 1. The lowest BCUT2D eigenvalue weighted by atomic mass is 10.1. The number of nitrogen functional groups attached to an aromatic ring is 1. The molecular formula is C14H17BrN2O3. The number of nitrogens with two attached hydrogens (primary N) is 1. The van der Waals surface area contributed by atoms with E-state index in [1.54, 1.807) is 30.0 Å². The first-order valence-electron chi connectivity index (χ1n) is 6.56. The lowest BCUT2D eigenvalue weighted by Gasteiger charge is -2.23. The molecule has 1 aliphatic heterocycles. The smallest absolute Gasteiger partial charge is 0.328 e. The van der Waals surface area contributed by atoms with Crippen molar-refractivity contribution in [3.63, 3.8) is 0 Å². The molecule has 0 aromatic heterocycles. The highest BCUT2D eigenvalue weighted by molar-refractivity contribution is 9.10. The van der Waals surface area contributed by atoms with Crippen LogP contribution in [0, 0.1) is 0 Å². The average molecular weight is 341 g/mol. The number of esters is 1. The molecule has 0 spiro atoms. The maximum absolute atomic E-state index is 12.5. The number of rotatable bonds is 3. The zero-order valence-electron chi connectivity index (χ0n) is 11.3. The van der Waals surface area contributed by atoms with Crippen LogP contribution in [-0.2, 0) is 9.53 Å². The highest BCUT2D eigenvalue weighted by atomic mass is 79.9. The first kappa shape index (κ1) is 14.8. The molecule has 0 radical (unpaired) electrons. The Hall–Kier alpha value is -1.56. The van der Waals surface area contributed by atoms with E-state index in [0.717, 1.165) is 10.9 Å². The van der Waals surface area contributed by atoms with Crippen molar-refractivity contribution in [1.29, 1.82) is 0 Å². The van der Waals surface area contributed by atoms with E-state index in [9.17, 15) is 9.59 Å².